The summed E-state index contributed by atoms with van der Waals surface area (Å²) in [5.41, 5.74) is 3.06. The smallest absolute Gasteiger partial charge is 0.108 e. The highest BCUT2D eigenvalue weighted by Gasteiger charge is 2.43. The first-order valence-corrected chi connectivity index (χ1v) is 7.88. The van der Waals surface area contributed by atoms with Gasteiger partial charge in [0.2, 0.25) is 0 Å². The van der Waals surface area contributed by atoms with E-state index in [1.54, 1.807) is 0 Å². The molecule has 1 N–H and O–H groups in total. The Morgan fingerprint density at radius 1 is 1.40 bits per heavy atom. The highest BCUT2D eigenvalue weighted by atomic mass is 16.5. The fraction of sp³-hybridized carbons (Fsp3) is 0.667. The molecule has 3 unspecified atom stereocenters. The minimum absolute atomic E-state index is 0.398. The number of rotatable bonds is 4. The Labute approximate surface area is 123 Å². The Morgan fingerprint density at radius 2 is 2.15 bits per heavy atom. The molecule has 1 aliphatic rings. The molecule has 0 aromatic heterocycles. The molecule has 0 spiro atoms. The molecule has 1 fully saturated rings. The standard InChI is InChI=1S/C18H28O2/c1-5-20-18(11-7-8-13(2)12-18)17(19)16-10-6-9-14(3)15(16)4/h6,9-10,13,17,19H,5,7-8,11-12H2,1-4H3. The van der Waals surface area contributed by atoms with Gasteiger partial charge in [0.1, 0.15) is 6.10 Å². The third-order valence-corrected chi connectivity index (χ3v) is 4.86. The van der Waals surface area contributed by atoms with Gasteiger partial charge in [0.05, 0.1) is 5.60 Å². The third-order valence-electron chi connectivity index (χ3n) is 4.86. The van der Waals surface area contributed by atoms with Crippen LogP contribution in [-0.4, -0.2) is 17.3 Å². The molecule has 0 amide bonds. The molecular weight excluding hydrogens is 248 g/mol. The normalized spacial score (nSPS) is 28.4. The van der Waals surface area contributed by atoms with Gasteiger partial charge in [-0.2, -0.15) is 0 Å². The first-order chi connectivity index (χ1) is 9.50. The minimum Gasteiger partial charge on any atom is -0.385 e. The molecule has 0 radical (unpaired) electrons. The molecular formula is C18H28O2. The van der Waals surface area contributed by atoms with Crippen LogP contribution >= 0.6 is 0 Å². The summed E-state index contributed by atoms with van der Waals surface area (Å²) in [5, 5.41) is 11.0. The second-order valence-electron chi connectivity index (χ2n) is 6.39. The first kappa shape index (κ1) is 15.5. The zero-order valence-electron chi connectivity index (χ0n) is 13.3. The highest BCUT2D eigenvalue weighted by molar-refractivity contribution is 5.36. The second-order valence-corrected chi connectivity index (χ2v) is 6.39. The average Bonchev–Trinajstić information content (AvgIpc) is 2.41. The second kappa shape index (κ2) is 6.28. The van der Waals surface area contributed by atoms with Crippen molar-refractivity contribution in [1.82, 2.24) is 0 Å². The molecule has 0 bridgehead atoms. The van der Waals surface area contributed by atoms with Crippen LogP contribution in [0.3, 0.4) is 0 Å². The maximum Gasteiger partial charge on any atom is 0.108 e. The molecule has 20 heavy (non-hydrogen) atoms. The van der Waals surface area contributed by atoms with Crippen LogP contribution in [-0.2, 0) is 4.74 Å². The number of aliphatic hydroxyl groups excluding tert-OH is 1. The summed E-state index contributed by atoms with van der Waals surface area (Å²) >= 11 is 0. The lowest BCUT2D eigenvalue weighted by molar-refractivity contribution is -0.150. The van der Waals surface area contributed by atoms with Gasteiger partial charge in [0.15, 0.2) is 0 Å². The number of aliphatic hydroxyl groups is 1. The fourth-order valence-electron chi connectivity index (χ4n) is 3.64. The topological polar surface area (TPSA) is 29.5 Å². The van der Waals surface area contributed by atoms with Gasteiger partial charge in [0, 0.05) is 6.61 Å². The Kier molecular flexibility index (Phi) is 4.87. The molecule has 2 heteroatoms. The van der Waals surface area contributed by atoms with Crippen LogP contribution in [0.2, 0.25) is 0 Å². The van der Waals surface area contributed by atoms with Crippen LogP contribution in [0.5, 0.6) is 0 Å². The SMILES string of the molecule is CCOC1(C(O)c2cccc(C)c2C)CCCC(C)C1. The summed E-state index contributed by atoms with van der Waals surface area (Å²) in [7, 11) is 0. The molecule has 1 aliphatic carbocycles. The van der Waals surface area contributed by atoms with Crippen LogP contribution in [0.15, 0.2) is 18.2 Å². The Hall–Kier alpha value is -0.860. The molecule has 1 saturated carbocycles. The Balaban J connectivity index is 2.35. The van der Waals surface area contributed by atoms with Crippen molar-refractivity contribution in [2.24, 2.45) is 5.92 Å². The fourth-order valence-corrected chi connectivity index (χ4v) is 3.64. The van der Waals surface area contributed by atoms with Gasteiger partial charge in [-0.25, -0.2) is 0 Å². The van der Waals surface area contributed by atoms with Crippen LogP contribution < -0.4 is 0 Å². The van der Waals surface area contributed by atoms with E-state index in [0.29, 0.717) is 12.5 Å². The largest absolute Gasteiger partial charge is 0.385 e. The molecule has 2 nitrogen and oxygen atoms in total. The summed E-state index contributed by atoms with van der Waals surface area (Å²) in [6.07, 6.45) is 3.78. The van der Waals surface area contributed by atoms with E-state index in [9.17, 15) is 5.11 Å². The Bertz CT molecular complexity index is 451. The van der Waals surface area contributed by atoms with Crippen LogP contribution in [0, 0.1) is 19.8 Å². The van der Waals surface area contributed by atoms with Crippen molar-refractivity contribution >= 4 is 0 Å². The minimum atomic E-state index is -0.523. The number of hydrogen-bond acceptors (Lipinski definition) is 2. The summed E-state index contributed by atoms with van der Waals surface area (Å²) in [4.78, 5) is 0. The predicted molar refractivity (Wildman–Crippen MR) is 82.9 cm³/mol. The average molecular weight is 276 g/mol. The maximum atomic E-state index is 11.0. The molecule has 112 valence electrons. The van der Waals surface area contributed by atoms with E-state index < -0.39 is 11.7 Å². The summed E-state index contributed by atoms with van der Waals surface area (Å²) in [5.74, 6) is 0.620. The van der Waals surface area contributed by atoms with E-state index in [0.717, 1.165) is 24.8 Å². The van der Waals surface area contributed by atoms with Gasteiger partial charge in [-0.15, -0.1) is 0 Å². The molecule has 0 aliphatic heterocycles. The molecule has 2 rings (SSSR count). The van der Waals surface area contributed by atoms with Crippen molar-refractivity contribution < 1.29 is 9.84 Å². The van der Waals surface area contributed by atoms with Crippen molar-refractivity contribution in [2.75, 3.05) is 6.61 Å². The molecule has 1 aromatic carbocycles. The van der Waals surface area contributed by atoms with Crippen molar-refractivity contribution in [3.05, 3.63) is 34.9 Å². The summed E-state index contributed by atoms with van der Waals surface area (Å²) < 4.78 is 6.10. The van der Waals surface area contributed by atoms with Gasteiger partial charge < -0.3 is 9.84 Å². The zero-order chi connectivity index (χ0) is 14.8. The van der Waals surface area contributed by atoms with E-state index >= 15 is 0 Å². The van der Waals surface area contributed by atoms with Crippen molar-refractivity contribution in [3.63, 3.8) is 0 Å². The van der Waals surface area contributed by atoms with Crippen molar-refractivity contribution in [2.45, 2.75) is 65.1 Å². The van der Waals surface area contributed by atoms with Gasteiger partial charge in [-0.05, 0) is 56.2 Å². The maximum absolute atomic E-state index is 11.0. The van der Waals surface area contributed by atoms with E-state index in [2.05, 4.69) is 26.8 Å². The van der Waals surface area contributed by atoms with Crippen LogP contribution in [0.4, 0.5) is 0 Å². The molecule has 3 atom stereocenters. The first-order valence-electron chi connectivity index (χ1n) is 7.88. The summed E-state index contributed by atoms with van der Waals surface area (Å²) in [6, 6.07) is 6.18. The van der Waals surface area contributed by atoms with Crippen LogP contribution in [0.25, 0.3) is 0 Å². The van der Waals surface area contributed by atoms with E-state index in [1.807, 2.05) is 19.1 Å². The number of benzene rings is 1. The molecule has 0 heterocycles. The third kappa shape index (κ3) is 2.91. The lowest BCUT2D eigenvalue weighted by Gasteiger charge is -2.43. The van der Waals surface area contributed by atoms with E-state index in [4.69, 9.17) is 4.74 Å². The monoisotopic (exact) mass is 276 g/mol. The zero-order valence-corrected chi connectivity index (χ0v) is 13.3. The Morgan fingerprint density at radius 3 is 2.80 bits per heavy atom. The molecule has 0 saturated heterocycles. The molecule has 1 aromatic rings. The summed E-state index contributed by atoms with van der Waals surface area (Å²) in [6.45, 7) is 9.15. The number of hydrogen-bond donors (Lipinski definition) is 1. The van der Waals surface area contributed by atoms with Gasteiger partial charge in [-0.3, -0.25) is 0 Å². The number of ether oxygens (including phenoxy) is 1. The highest BCUT2D eigenvalue weighted by Crippen LogP contribution is 2.44. The number of aryl methyl sites for hydroxylation is 1. The van der Waals surface area contributed by atoms with E-state index in [-0.39, 0.29) is 0 Å². The van der Waals surface area contributed by atoms with E-state index in [1.165, 1.54) is 17.5 Å². The van der Waals surface area contributed by atoms with Crippen LogP contribution in [0.1, 0.15) is 62.3 Å². The van der Waals surface area contributed by atoms with Crippen molar-refractivity contribution in [3.8, 4) is 0 Å². The predicted octanol–water partition coefficient (Wildman–Crippen LogP) is 4.32. The quantitative estimate of drug-likeness (QED) is 0.887. The van der Waals surface area contributed by atoms with Gasteiger partial charge >= 0.3 is 0 Å². The van der Waals surface area contributed by atoms with Gasteiger partial charge in [0.25, 0.3) is 0 Å². The lowest BCUT2D eigenvalue weighted by Crippen LogP contribution is -2.43. The van der Waals surface area contributed by atoms with Crippen molar-refractivity contribution in [1.29, 1.82) is 0 Å². The lowest BCUT2D eigenvalue weighted by atomic mass is 9.73. The van der Waals surface area contributed by atoms with Gasteiger partial charge in [-0.1, -0.05) is 38.0 Å².